The average molecular weight is 962 g/mol. The van der Waals surface area contributed by atoms with E-state index in [0.717, 1.165) is 63.7 Å². The predicted molar refractivity (Wildman–Crippen MR) is 293 cm³/mol. The number of esters is 3. The third-order valence-electron chi connectivity index (χ3n) is 14.3. The third kappa shape index (κ3) is 55.3. The number of ether oxygens (including phenoxy) is 3. The van der Waals surface area contributed by atoms with Crippen LogP contribution in [0.3, 0.4) is 0 Å². The second kappa shape index (κ2) is 56.3. The molecule has 0 aromatic heterocycles. The molecule has 1 atom stereocenters. The number of hydrogen-bond acceptors (Lipinski definition) is 6. The van der Waals surface area contributed by atoms with Gasteiger partial charge in [0.15, 0.2) is 6.10 Å². The van der Waals surface area contributed by atoms with Gasteiger partial charge in [-0.05, 0) is 25.2 Å². The van der Waals surface area contributed by atoms with Gasteiger partial charge >= 0.3 is 17.9 Å². The van der Waals surface area contributed by atoms with Crippen molar-refractivity contribution in [3.63, 3.8) is 0 Å². The molecule has 0 bridgehead atoms. The maximum absolute atomic E-state index is 12.9. The first kappa shape index (κ1) is 66.4. The highest BCUT2D eigenvalue weighted by Gasteiger charge is 2.19. The molecule has 0 fully saturated rings. The van der Waals surface area contributed by atoms with Gasteiger partial charge in [-0.2, -0.15) is 0 Å². The van der Waals surface area contributed by atoms with E-state index >= 15 is 0 Å². The van der Waals surface area contributed by atoms with Gasteiger partial charge in [-0.25, -0.2) is 0 Å². The fourth-order valence-electron chi connectivity index (χ4n) is 9.63. The van der Waals surface area contributed by atoms with Crippen LogP contribution in [0.5, 0.6) is 0 Å². The lowest BCUT2D eigenvalue weighted by atomic mass is 10.0. The Morgan fingerprint density at radius 1 is 0.279 bits per heavy atom. The lowest BCUT2D eigenvalue weighted by Crippen LogP contribution is -2.30. The Morgan fingerprint density at radius 3 is 0.721 bits per heavy atom. The van der Waals surface area contributed by atoms with Crippen LogP contribution in [0.4, 0.5) is 0 Å². The van der Waals surface area contributed by atoms with Gasteiger partial charge in [0, 0.05) is 19.3 Å². The summed E-state index contributed by atoms with van der Waals surface area (Å²) in [6.45, 7) is 9.08. The first-order valence-corrected chi connectivity index (χ1v) is 30.9. The van der Waals surface area contributed by atoms with Gasteiger partial charge in [0.1, 0.15) is 13.2 Å². The fourth-order valence-corrected chi connectivity index (χ4v) is 9.63. The zero-order valence-corrected chi connectivity index (χ0v) is 46.6. The molecule has 0 N–H and O–H groups in total. The van der Waals surface area contributed by atoms with Crippen molar-refractivity contribution in [2.24, 2.45) is 5.92 Å². The predicted octanol–water partition coefficient (Wildman–Crippen LogP) is 20.6. The summed E-state index contributed by atoms with van der Waals surface area (Å²) in [4.78, 5) is 38.2. The van der Waals surface area contributed by atoms with Gasteiger partial charge in [-0.3, -0.25) is 14.4 Å². The summed E-state index contributed by atoms with van der Waals surface area (Å²) in [6, 6.07) is 0. The smallest absolute Gasteiger partial charge is 0.306 e. The maximum Gasteiger partial charge on any atom is 0.306 e. The van der Waals surface area contributed by atoms with E-state index in [1.165, 1.54) is 250 Å². The van der Waals surface area contributed by atoms with Crippen molar-refractivity contribution >= 4 is 17.9 Å². The van der Waals surface area contributed by atoms with Gasteiger partial charge in [0.25, 0.3) is 0 Å². The highest BCUT2D eigenvalue weighted by molar-refractivity contribution is 5.71. The summed E-state index contributed by atoms with van der Waals surface area (Å²) >= 11 is 0. The molecule has 0 aliphatic rings. The first-order chi connectivity index (χ1) is 33.4. The van der Waals surface area contributed by atoms with E-state index in [9.17, 15) is 14.4 Å². The van der Waals surface area contributed by atoms with Crippen molar-refractivity contribution in [2.75, 3.05) is 13.2 Å². The van der Waals surface area contributed by atoms with Crippen molar-refractivity contribution in [3.05, 3.63) is 0 Å². The molecule has 0 heterocycles. The molecule has 6 nitrogen and oxygen atoms in total. The van der Waals surface area contributed by atoms with Gasteiger partial charge in [-0.15, -0.1) is 0 Å². The normalized spacial score (nSPS) is 12.0. The minimum Gasteiger partial charge on any atom is -0.462 e. The molecule has 0 spiro atoms. The molecule has 0 amide bonds. The Hall–Kier alpha value is -1.59. The largest absolute Gasteiger partial charge is 0.462 e. The molecule has 0 saturated carbocycles. The van der Waals surface area contributed by atoms with Crippen LogP contribution in [-0.4, -0.2) is 37.2 Å². The molecule has 404 valence electrons. The molecule has 0 unspecified atom stereocenters. The van der Waals surface area contributed by atoms with E-state index < -0.39 is 6.10 Å². The summed E-state index contributed by atoms with van der Waals surface area (Å²) in [5.74, 6) is 0.0186. The SMILES string of the molecule is CCCCCCCCCCCCCCCCCCCCCC(=O)OC[C@@H](COC(=O)CCCCCCCCCCCCCCCCCC(C)C)OC(=O)CCCCCCCCCCCCCCC. The average Bonchev–Trinajstić information content (AvgIpc) is 3.32. The van der Waals surface area contributed by atoms with Crippen molar-refractivity contribution in [3.8, 4) is 0 Å². The summed E-state index contributed by atoms with van der Waals surface area (Å²) in [6.07, 6.45) is 62.4. The lowest BCUT2D eigenvalue weighted by Gasteiger charge is -2.18. The number of unbranched alkanes of at least 4 members (excludes halogenated alkanes) is 44. The van der Waals surface area contributed by atoms with Crippen LogP contribution >= 0.6 is 0 Å². The molecule has 0 aliphatic heterocycles. The molecular weight excluding hydrogens is 841 g/mol. The zero-order chi connectivity index (χ0) is 49.5. The van der Waals surface area contributed by atoms with Gasteiger partial charge in [-0.1, -0.05) is 317 Å². The Labute approximate surface area is 425 Å². The van der Waals surface area contributed by atoms with E-state index in [0.29, 0.717) is 19.3 Å². The molecule has 6 heteroatoms. The Bertz CT molecular complexity index is 1030. The van der Waals surface area contributed by atoms with Crippen LogP contribution in [0.1, 0.15) is 355 Å². The minimum absolute atomic E-state index is 0.0614. The van der Waals surface area contributed by atoms with Crippen molar-refractivity contribution in [1.29, 1.82) is 0 Å². The molecule has 0 radical (unpaired) electrons. The third-order valence-corrected chi connectivity index (χ3v) is 14.3. The van der Waals surface area contributed by atoms with Gasteiger partial charge in [0.2, 0.25) is 0 Å². The van der Waals surface area contributed by atoms with Crippen LogP contribution in [0.15, 0.2) is 0 Å². The number of carbonyl (C=O) groups excluding carboxylic acids is 3. The standard InChI is InChI=1S/C62H120O6/c1-5-7-9-11-13-15-17-19-20-21-22-23-26-30-33-37-41-45-49-53-60(63)66-56-59(68-62(65)55-51-47-43-39-35-28-18-16-14-12-10-8-6-2)57-67-61(64)54-50-46-42-38-34-31-27-24-25-29-32-36-40-44-48-52-58(3)4/h58-59H,5-57H2,1-4H3/t59-/m0/s1. The topological polar surface area (TPSA) is 78.9 Å². The Kier molecular flexibility index (Phi) is 55.0. The second-order valence-electron chi connectivity index (χ2n) is 21.8. The molecular formula is C62H120O6. The number of hydrogen-bond donors (Lipinski definition) is 0. The van der Waals surface area contributed by atoms with Gasteiger partial charge in [0.05, 0.1) is 0 Å². The van der Waals surface area contributed by atoms with Crippen LogP contribution < -0.4 is 0 Å². The van der Waals surface area contributed by atoms with Crippen molar-refractivity contribution in [2.45, 2.75) is 361 Å². The van der Waals surface area contributed by atoms with Crippen LogP contribution in [0.2, 0.25) is 0 Å². The van der Waals surface area contributed by atoms with E-state index in [1.807, 2.05) is 0 Å². The van der Waals surface area contributed by atoms with Crippen molar-refractivity contribution < 1.29 is 28.6 Å². The monoisotopic (exact) mass is 961 g/mol. The first-order valence-electron chi connectivity index (χ1n) is 30.9. The summed E-state index contributed by atoms with van der Waals surface area (Å²) in [7, 11) is 0. The highest BCUT2D eigenvalue weighted by Crippen LogP contribution is 2.18. The Balaban J connectivity index is 4.25. The number of carbonyl (C=O) groups is 3. The van der Waals surface area contributed by atoms with Crippen LogP contribution in [0.25, 0.3) is 0 Å². The molecule has 68 heavy (non-hydrogen) atoms. The van der Waals surface area contributed by atoms with E-state index in [-0.39, 0.29) is 31.1 Å². The summed E-state index contributed by atoms with van der Waals surface area (Å²) in [5.41, 5.74) is 0. The van der Waals surface area contributed by atoms with Crippen LogP contribution in [-0.2, 0) is 28.6 Å². The van der Waals surface area contributed by atoms with E-state index in [2.05, 4.69) is 27.7 Å². The molecule has 0 aliphatic carbocycles. The molecule has 0 aromatic rings. The Morgan fingerprint density at radius 2 is 0.485 bits per heavy atom. The zero-order valence-electron chi connectivity index (χ0n) is 46.6. The fraction of sp³-hybridized carbons (Fsp3) is 0.952. The van der Waals surface area contributed by atoms with Crippen LogP contribution in [0, 0.1) is 5.92 Å². The van der Waals surface area contributed by atoms with Gasteiger partial charge < -0.3 is 14.2 Å². The summed E-state index contributed by atoms with van der Waals surface area (Å²) in [5, 5.41) is 0. The highest BCUT2D eigenvalue weighted by atomic mass is 16.6. The molecule has 0 rings (SSSR count). The number of rotatable bonds is 57. The quantitative estimate of drug-likeness (QED) is 0.0343. The maximum atomic E-state index is 12.9. The minimum atomic E-state index is -0.762. The van der Waals surface area contributed by atoms with E-state index in [1.54, 1.807) is 0 Å². The summed E-state index contributed by atoms with van der Waals surface area (Å²) < 4.78 is 16.9. The van der Waals surface area contributed by atoms with Crippen molar-refractivity contribution in [1.82, 2.24) is 0 Å². The second-order valence-corrected chi connectivity index (χ2v) is 21.8. The lowest BCUT2D eigenvalue weighted by molar-refractivity contribution is -0.167. The van der Waals surface area contributed by atoms with E-state index in [4.69, 9.17) is 14.2 Å². The molecule has 0 saturated heterocycles. The molecule has 0 aromatic carbocycles.